The van der Waals surface area contributed by atoms with Crippen LogP contribution >= 0.6 is 0 Å². The Bertz CT molecular complexity index is 546. The molecule has 0 saturated carbocycles. The zero-order valence-electron chi connectivity index (χ0n) is 11.9. The Morgan fingerprint density at radius 3 is 2.81 bits per heavy atom. The number of amides is 2. The lowest BCUT2D eigenvalue weighted by atomic mass is 10.1. The normalized spacial score (nSPS) is 17.0. The van der Waals surface area contributed by atoms with Crippen LogP contribution in [0.2, 0.25) is 0 Å². The Morgan fingerprint density at radius 1 is 1.52 bits per heavy atom. The summed E-state index contributed by atoms with van der Waals surface area (Å²) in [5.41, 5.74) is -0.704. The first-order valence-electron chi connectivity index (χ1n) is 6.32. The molecule has 0 bridgehead atoms. The van der Waals surface area contributed by atoms with Crippen molar-refractivity contribution >= 4 is 11.8 Å². The van der Waals surface area contributed by atoms with Crippen molar-refractivity contribution in [1.82, 2.24) is 9.88 Å². The van der Waals surface area contributed by atoms with E-state index in [9.17, 15) is 18.0 Å². The highest BCUT2D eigenvalue weighted by Gasteiger charge is 2.39. The zero-order chi connectivity index (χ0) is 15.8. The molecule has 0 atom stereocenters. The number of anilines is 1. The van der Waals surface area contributed by atoms with Gasteiger partial charge in [-0.05, 0) is 26.0 Å². The molecule has 8 heteroatoms. The van der Waals surface area contributed by atoms with Crippen LogP contribution in [0.15, 0.2) is 18.3 Å². The SMILES string of the molecule is CN(CC(F)(F)F)C(=O)N1CC(C)(C)Oc2cccnc21. The molecule has 0 radical (unpaired) electrons. The van der Waals surface area contributed by atoms with Gasteiger partial charge in [-0.3, -0.25) is 4.90 Å². The van der Waals surface area contributed by atoms with Gasteiger partial charge in [0, 0.05) is 13.2 Å². The summed E-state index contributed by atoms with van der Waals surface area (Å²) in [7, 11) is 1.11. The summed E-state index contributed by atoms with van der Waals surface area (Å²) in [4.78, 5) is 18.2. The molecule has 1 aliphatic heterocycles. The number of urea groups is 1. The van der Waals surface area contributed by atoms with Crippen LogP contribution in [-0.4, -0.2) is 47.8 Å². The summed E-state index contributed by atoms with van der Waals surface area (Å²) < 4.78 is 43.0. The van der Waals surface area contributed by atoms with E-state index < -0.39 is 24.4 Å². The van der Waals surface area contributed by atoms with Gasteiger partial charge in [0.2, 0.25) is 0 Å². The summed E-state index contributed by atoms with van der Waals surface area (Å²) in [6, 6.07) is 2.51. The highest BCUT2D eigenvalue weighted by atomic mass is 19.4. The van der Waals surface area contributed by atoms with Gasteiger partial charge in [0.1, 0.15) is 12.1 Å². The molecule has 0 saturated heterocycles. The number of hydrogen-bond donors (Lipinski definition) is 0. The molecule has 2 amide bonds. The first-order chi connectivity index (χ1) is 9.59. The van der Waals surface area contributed by atoms with Gasteiger partial charge in [0.25, 0.3) is 0 Å². The topological polar surface area (TPSA) is 45.7 Å². The average Bonchev–Trinajstić information content (AvgIpc) is 2.33. The lowest BCUT2D eigenvalue weighted by Crippen LogP contribution is -2.54. The lowest BCUT2D eigenvalue weighted by molar-refractivity contribution is -0.137. The minimum Gasteiger partial charge on any atom is -0.482 e. The van der Waals surface area contributed by atoms with Crippen molar-refractivity contribution < 1.29 is 22.7 Å². The molecular weight excluding hydrogens is 287 g/mol. The Labute approximate surface area is 120 Å². The molecule has 1 aromatic rings. The molecule has 0 aliphatic carbocycles. The minimum absolute atomic E-state index is 0.123. The fourth-order valence-electron chi connectivity index (χ4n) is 2.15. The second kappa shape index (κ2) is 5.09. The van der Waals surface area contributed by atoms with Crippen LogP contribution in [0.3, 0.4) is 0 Å². The van der Waals surface area contributed by atoms with Gasteiger partial charge in [-0.25, -0.2) is 9.78 Å². The van der Waals surface area contributed by atoms with Crippen LogP contribution < -0.4 is 9.64 Å². The van der Waals surface area contributed by atoms with Crippen LogP contribution in [0.25, 0.3) is 0 Å². The number of carbonyl (C=O) groups is 1. The van der Waals surface area contributed by atoms with E-state index in [1.54, 1.807) is 26.0 Å². The average molecular weight is 303 g/mol. The number of alkyl halides is 3. The molecule has 1 aliphatic rings. The predicted molar refractivity (Wildman–Crippen MR) is 70.4 cm³/mol. The summed E-state index contributed by atoms with van der Waals surface area (Å²) in [5.74, 6) is 0.610. The van der Waals surface area contributed by atoms with Crippen molar-refractivity contribution in [2.45, 2.75) is 25.6 Å². The molecule has 0 unspecified atom stereocenters. The maximum atomic E-state index is 12.4. The van der Waals surface area contributed by atoms with E-state index >= 15 is 0 Å². The highest BCUT2D eigenvalue weighted by Crippen LogP contribution is 2.35. The predicted octanol–water partition coefficient (Wildman–Crippen LogP) is 2.67. The molecule has 0 aromatic carbocycles. The largest absolute Gasteiger partial charge is 0.482 e. The first kappa shape index (κ1) is 15.4. The van der Waals surface area contributed by atoms with Crippen LogP contribution in [0.5, 0.6) is 5.75 Å². The standard InChI is InChI=1S/C13H16F3N3O2/c1-12(2)7-19(10-9(21-12)5-4-6-17-10)11(20)18(3)8-13(14,15)16/h4-6H,7-8H2,1-3H3. The fourth-order valence-corrected chi connectivity index (χ4v) is 2.15. The summed E-state index contributed by atoms with van der Waals surface area (Å²) in [6.07, 6.45) is -2.98. The molecule has 21 heavy (non-hydrogen) atoms. The van der Waals surface area contributed by atoms with Gasteiger partial charge >= 0.3 is 12.2 Å². The Balaban J connectivity index is 2.28. The van der Waals surface area contributed by atoms with Crippen molar-refractivity contribution in [3.05, 3.63) is 18.3 Å². The number of hydrogen-bond acceptors (Lipinski definition) is 3. The van der Waals surface area contributed by atoms with E-state index in [1.807, 2.05) is 0 Å². The minimum atomic E-state index is -4.45. The van der Waals surface area contributed by atoms with Gasteiger partial charge in [-0.15, -0.1) is 0 Å². The van der Waals surface area contributed by atoms with E-state index in [0.717, 1.165) is 7.05 Å². The first-order valence-corrected chi connectivity index (χ1v) is 6.32. The van der Waals surface area contributed by atoms with Gasteiger partial charge in [0.05, 0.1) is 6.54 Å². The maximum absolute atomic E-state index is 12.4. The second-order valence-corrected chi connectivity index (χ2v) is 5.53. The van der Waals surface area contributed by atoms with Crippen LogP contribution in [-0.2, 0) is 0 Å². The van der Waals surface area contributed by atoms with Gasteiger partial charge in [0.15, 0.2) is 11.6 Å². The number of ether oxygens (including phenoxy) is 1. The Hall–Kier alpha value is -1.99. The number of aromatic nitrogens is 1. The third-order valence-electron chi connectivity index (χ3n) is 2.91. The number of nitrogens with zero attached hydrogens (tertiary/aromatic N) is 3. The van der Waals surface area contributed by atoms with Crippen molar-refractivity contribution in [3.63, 3.8) is 0 Å². The molecule has 2 rings (SSSR count). The van der Waals surface area contributed by atoms with Crippen molar-refractivity contribution in [2.75, 3.05) is 25.0 Å². The lowest BCUT2D eigenvalue weighted by Gasteiger charge is -2.40. The summed E-state index contributed by atoms with van der Waals surface area (Å²) in [6.45, 7) is 2.32. The Morgan fingerprint density at radius 2 is 2.19 bits per heavy atom. The number of halogens is 3. The molecule has 116 valence electrons. The Kier molecular flexibility index (Phi) is 3.73. The molecular formula is C13H16F3N3O2. The van der Waals surface area contributed by atoms with Gasteiger partial charge in [-0.2, -0.15) is 13.2 Å². The highest BCUT2D eigenvalue weighted by molar-refractivity contribution is 5.93. The number of pyridine rings is 1. The van der Waals surface area contributed by atoms with E-state index in [0.29, 0.717) is 10.6 Å². The third kappa shape index (κ3) is 3.56. The van der Waals surface area contributed by atoms with Gasteiger partial charge in [-0.1, -0.05) is 0 Å². The zero-order valence-corrected chi connectivity index (χ0v) is 11.9. The van der Waals surface area contributed by atoms with Crippen molar-refractivity contribution in [3.8, 4) is 5.75 Å². The monoisotopic (exact) mass is 303 g/mol. The molecule has 0 spiro atoms. The third-order valence-corrected chi connectivity index (χ3v) is 2.91. The number of fused-ring (bicyclic) bond motifs is 1. The quantitative estimate of drug-likeness (QED) is 0.801. The van der Waals surface area contributed by atoms with E-state index in [2.05, 4.69) is 4.98 Å². The summed E-state index contributed by atoms with van der Waals surface area (Å²) in [5, 5.41) is 0. The van der Waals surface area contributed by atoms with Gasteiger partial charge < -0.3 is 9.64 Å². The van der Waals surface area contributed by atoms with Crippen LogP contribution in [0.1, 0.15) is 13.8 Å². The van der Waals surface area contributed by atoms with E-state index in [4.69, 9.17) is 4.74 Å². The molecule has 1 aromatic heterocycles. The smallest absolute Gasteiger partial charge is 0.406 e. The maximum Gasteiger partial charge on any atom is 0.406 e. The molecule has 5 nitrogen and oxygen atoms in total. The van der Waals surface area contributed by atoms with Crippen molar-refractivity contribution in [1.29, 1.82) is 0 Å². The van der Waals surface area contributed by atoms with E-state index in [1.165, 1.54) is 11.1 Å². The fraction of sp³-hybridized carbons (Fsp3) is 0.538. The van der Waals surface area contributed by atoms with Crippen LogP contribution in [0, 0.1) is 0 Å². The summed E-state index contributed by atoms with van der Waals surface area (Å²) >= 11 is 0. The molecule has 2 heterocycles. The molecule has 0 fully saturated rings. The van der Waals surface area contributed by atoms with E-state index in [-0.39, 0.29) is 12.4 Å². The van der Waals surface area contributed by atoms with Crippen molar-refractivity contribution in [2.24, 2.45) is 0 Å². The second-order valence-electron chi connectivity index (χ2n) is 5.53. The van der Waals surface area contributed by atoms with Crippen LogP contribution in [0.4, 0.5) is 23.8 Å². The number of carbonyl (C=O) groups excluding carboxylic acids is 1. The molecule has 0 N–H and O–H groups in total. The number of rotatable bonds is 1.